The first-order valence-corrected chi connectivity index (χ1v) is 4.82. The molecular weight excluding hydrogens is 287 g/mol. The largest absolute Gasteiger partial charge is 0.480 e. The standard InChI is InChI=1S/C6H13IN4O2/c7-11-4(5(12)13)2-1-3-10-6(8)9/h4,11H,1-3H2,(H,12,13)(H4,8,9,10)/t4-/m0/s1. The molecule has 0 saturated carbocycles. The third-order valence-corrected chi connectivity index (χ3v) is 2.17. The molecule has 0 spiro atoms. The zero-order chi connectivity index (χ0) is 10.3. The summed E-state index contributed by atoms with van der Waals surface area (Å²) in [5.74, 6) is -0.952. The Bertz CT molecular complexity index is 187. The van der Waals surface area contributed by atoms with Crippen molar-refractivity contribution in [2.75, 3.05) is 6.54 Å². The van der Waals surface area contributed by atoms with Gasteiger partial charge in [0.2, 0.25) is 0 Å². The summed E-state index contributed by atoms with van der Waals surface area (Å²) in [5, 5.41) is 18.1. The van der Waals surface area contributed by atoms with E-state index in [0.29, 0.717) is 19.4 Å². The van der Waals surface area contributed by atoms with Crippen molar-refractivity contribution in [2.45, 2.75) is 18.9 Å². The number of halogens is 1. The Balaban J connectivity index is 3.50. The second kappa shape index (κ2) is 6.89. The number of carboxylic acid groups (broad SMARTS) is 1. The molecule has 1 atom stereocenters. The van der Waals surface area contributed by atoms with Crippen LogP contribution in [0.3, 0.4) is 0 Å². The van der Waals surface area contributed by atoms with Crippen LogP contribution in [0, 0.1) is 5.41 Å². The van der Waals surface area contributed by atoms with Crippen LogP contribution in [-0.4, -0.2) is 29.6 Å². The number of guanidine groups is 1. The van der Waals surface area contributed by atoms with Gasteiger partial charge in [-0.25, -0.2) is 3.53 Å². The molecule has 6 nitrogen and oxygen atoms in total. The highest BCUT2D eigenvalue weighted by atomic mass is 127. The topological polar surface area (TPSA) is 111 Å². The van der Waals surface area contributed by atoms with Crippen molar-refractivity contribution >= 4 is 34.8 Å². The van der Waals surface area contributed by atoms with Gasteiger partial charge in [-0.05, 0) is 12.8 Å². The second-order valence-electron chi connectivity index (χ2n) is 2.48. The fourth-order valence-corrected chi connectivity index (χ4v) is 1.33. The van der Waals surface area contributed by atoms with Crippen molar-refractivity contribution in [3.63, 3.8) is 0 Å². The number of carboxylic acids is 1. The average molecular weight is 300 g/mol. The van der Waals surface area contributed by atoms with Gasteiger partial charge in [0.25, 0.3) is 0 Å². The number of aliphatic carboxylic acids is 1. The van der Waals surface area contributed by atoms with Crippen LogP contribution in [-0.2, 0) is 4.79 Å². The highest BCUT2D eigenvalue weighted by Crippen LogP contribution is 1.98. The minimum atomic E-state index is -0.864. The number of hydrogen-bond donors (Lipinski definition) is 5. The zero-order valence-electron chi connectivity index (χ0n) is 7.01. The van der Waals surface area contributed by atoms with Crippen LogP contribution < -0.4 is 14.6 Å². The van der Waals surface area contributed by atoms with Crippen LogP contribution >= 0.6 is 22.9 Å². The minimum absolute atomic E-state index is 0.0886. The molecule has 0 unspecified atom stereocenters. The lowest BCUT2D eigenvalue weighted by Gasteiger charge is -2.09. The first kappa shape index (κ1) is 12.4. The van der Waals surface area contributed by atoms with Crippen molar-refractivity contribution in [3.8, 4) is 0 Å². The molecule has 0 aromatic rings. The summed E-state index contributed by atoms with van der Waals surface area (Å²) in [6.07, 6.45) is 1.17. The lowest BCUT2D eigenvalue weighted by molar-refractivity contribution is -0.138. The van der Waals surface area contributed by atoms with E-state index in [4.69, 9.17) is 16.2 Å². The summed E-state index contributed by atoms with van der Waals surface area (Å²) >= 11 is 1.81. The smallest absolute Gasteiger partial charge is 0.321 e. The summed E-state index contributed by atoms with van der Waals surface area (Å²) in [4.78, 5) is 10.5. The molecule has 0 heterocycles. The summed E-state index contributed by atoms with van der Waals surface area (Å²) < 4.78 is 2.65. The van der Waals surface area contributed by atoms with Crippen LogP contribution in [0.25, 0.3) is 0 Å². The molecule has 0 aromatic heterocycles. The Hall–Kier alpha value is -0.570. The number of carbonyl (C=O) groups is 1. The van der Waals surface area contributed by atoms with E-state index in [1.54, 1.807) is 0 Å². The van der Waals surface area contributed by atoms with Crippen LogP contribution in [0.5, 0.6) is 0 Å². The van der Waals surface area contributed by atoms with Crippen molar-refractivity contribution in [1.29, 1.82) is 5.41 Å². The molecule has 0 fully saturated rings. The van der Waals surface area contributed by atoms with Crippen LogP contribution in [0.2, 0.25) is 0 Å². The normalized spacial score (nSPS) is 12.1. The van der Waals surface area contributed by atoms with Crippen LogP contribution in [0.15, 0.2) is 0 Å². The predicted molar refractivity (Wildman–Crippen MR) is 57.7 cm³/mol. The number of hydrogen-bond acceptors (Lipinski definition) is 3. The van der Waals surface area contributed by atoms with Crippen LogP contribution in [0.4, 0.5) is 0 Å². The van der Waals surface area contributed by atoms with E-state index in [1.165, 1.54) is 0 Å². The van der Waals surface area contributed by atoms with Crippen molar-refractivity contribution in [2.24, 2.45) is 5.73 Å². The van der Waals surface area contributed by atoms with Gasteiger partial charge in [0, 0.05) is 29.4 Å². The van der Waals surface area contributed by atoms with Crippen molar-refractivity contribution < 1.29 is 9.90 Å². The van der Waals surface area contributed by atoms with Gasteiger partial charge in [0.15, 0.2) is 5.96 Å². The highest BCUT2D eigenvalue weighted by Gasteiger charge is 2.14. The van der Waals surface area contributed by atoms with Gasteiger partial charge in [-0.3, -0.25) is 10.2 Å². The maximum atomic E-state index is 10.5. The lowest BCUT2D eigenvalue weighted by atomic mass is 10.2. The molecule has 13 heavy (non-hydrogen) atoms. The van der Waals surface area contributed by atoms with Gasteiger partial charge in [-0.2, -0.15) is 0 Å². The van der Waals surface area contributed by atoms with Gasteiger partial charge in [-0.1, -0.05) is 0 Å². The summed E-state index contributed by atoms with van der Waals surface area (Å²) in [6.45, 7) is 0.525. The number of rotatable bonds is 6. The third-order valence-electron chi connectivity index (χ3n) is 1.41. The Morgan fingerprint density at radius 2 is 2.31 bits per heavy atom. The number of nitrogens with one attached hydrogen (secondary N) is 3. The fourth-order valence-electron chi connectivity index (χ4n) is 0.754. The first-order valence-electron chi connectivity index (χ1n) is 3.74. The van der Waals surface area contributed by atoms with Gasteiger partial charge in [0.05, 0.1) is 0 Å². The molecule has 0 aliphatic rings. The molecule has 7 heteroatoms. The van der Waals surface area contributed by atoms with Gasteiger partial charge < -0.3 is 16.2 Å². The Morgan fingerprint density at radius 3 is 2.69 bits per heavy atom. The molecule has 0 aromatic carbocycles. The Morgan fingerprint density at radius 1 is 1.69 bits per heavy atom. The van der Waals surface area contributed by atoms with Crippen molar-refractivity contribution in [3.05, 3.63) is 0 Å². The van der Waals surface area contributed by atoms with Gasteiger partial charge in [0.1, 0.15) is 6.04 Å². The molecular formula is C6H13IN4O2. The third kappa shape index (κ3) is 6.58. The second-order valence-corrected chi connectivity index (χ2v) is 3.11. The van der Waals surface area contributed by atoms with Crippen molar-refractivity contribution in [1.82, 2.24) is 8.85 Å². The summed E-state index contributed by atoms with van der Waals surface area (Å²) in [5.41, 5.74) is 5.04. The summed E-state index contributed by atoms with van der Waals surface area (Å²) in [7, 11) is 0. The lowest BCUT2D eigenvalue weighted by Crippen LogP contribution is -2.34. The average Bonchev–Trinajstić information content (AvgIpc) is 2.03. The molecule has 6 N–H and O–H groups in total. The van der Waals surface area contributed by atoms with E-state index in [9.17, 15) is 4.79 Å². The maximum Gasteiger partial charge on any atom is 0.321 e. The quantitative estimate of drug-likeness (QED) is 0.151. The van der Waals surface area contributed by atoms with Gasteiger partial charge >= 0.3 is 5.97 Å². The molecule has 0 saturated heterocycles. The van der Waals surface area contributed by atoms with E-state index >= 15 is 0 Å². The Labute approximate surface area is 90.3 Å². The molecule has 76 valence electrons. The van der Waals surface area contributed by atoms with E-state index in [2.05, 4.69) is 8.85 Å². The molecule has 0 aliphatic carbocycles. The van der Waals surface area contributed by atoms with Gasteiger partial charge in [-0.15, -0.1) is 0 Å². The fraction of sp³-hybridized carbons (Fsp3) is 0.667. The highest BCUT2D eigenvalue weighted by molar-refractivity contribution is 14.1. The molecule has 0 bridgehead atoms. The Kier molecular flexibility index (Phi) is 6.59. The first-order chi connectivity index (χ1) is 6.07. The van der Waals surface area contributed by atoms with E-state index < -0.39 is 12.0 Å². The number of nitrogens with two attached hydrogens (primary N) is 1. The van der Waals surface area contributed by atoms with Crippen LogP contribution in [0.1, 0.15) is 12.8 Å². The monoisotopic (exact) mass is 300 g/mol. The zero-order valence-corrected chi connectivity index (χ0v) is 9.17. The summed E-state index contributed by atoms with van der Waals surface area (Å²) in [6, 6.07) is -0.533. The molecule has 0 rings (SSSR count). The van der Waals surface area contributed by atoms with E-state index in [1.807, 2.05) is 22.9 Å². The maximum absolute atomic E-state index is 10.5. The van der Waals surface area contributed by atoms with E-state index in [0.717, 1.165) is 0 Å². The molecule has 0 radical (unpaired) electrons. The molecule has 0 aliphatic heterocycles. The van der Waals surface area contributed by atoms with E-state index in [-0.39, 0.29) is 5.96 Å². The SMILES string of the molecule is N=C(N)NCCC[C@H](NI)C(=O)O. The molecule has 0 amide bonds. The predicted octanol–water partition coefficient (Wildman–Crippen LogP) is -0.358. The minimum Gasteiger partial charge on any atom is -0.480 e.